The molecule has 1 aromatic heterocycles. The first kappa shape index (κ1) is 12.0. The van der Waals surface area contributed by atoms with E-state index in [9.17, 15) is 9.18 Å². The van der Waals surface area contributed by atoms with Crippen LogP contribution in [0.25, 0.3) is 10.9 Å². The predicted molar refractivity (Wildman–Crippen MR) is 72.2 cm³/mol. The molecule has 2 aromatic rings. The Kier molecular flexibility index (Phi) is 2.85. The van der Waals surface area contributed by atoms with Gasteiger partial charge in [0, 0.05) is 35.2 Å². The van der Waals surface area contributed by atoms with Gasteiger partial charge in [-0.05, 0) is 37.1 Å². The number of carbonyl (C=O) groups is 1. The maximum Gasteiger partial charge on any atom is 0.246 e. The summed E-state index contributed by atoms with van der Waals surface area (Å²) in [5.41, 5.74) is 3.07. The quantitative estimate of drug-likeness (QED) is 0.784. The van der Waals surface area contributed by atoms with Crippen LogP contribution in [0.3, 0.4) is 0 Å². The number of benzene rings is 1. The highest BCUT2D eigenvalue weighted by Gasteiger charge is 2.20. The lowest BCUT2D eigenvalue weighted by Crippen LogP contribution is -2.28. The smallest absolute Gasteiger partial charge is 0.246 e. The molecule has 0 saturated carbocycles. The number of aryl methyl sites for hydroxylation is 1. The van der Waals surface area contributed by atoms with E-state index in [0.717, 1.165) is 35.0 Å². The number of nitrogens with one attached hydrogen (secondary N) is 1. The van der Waals surface area contributed by atoms with Crippen molar-refractivity contribution in [1.29, 1.82) is 0 Å². The maximum atomic E-state index is 13.4. The van der Waals surface area contributed by atoms with Gasteiger partial charge in [0.2, 0.25) is 5.91 Å². The summed E-state index contributed by atoms with van der Waals surface area (Å²) in [5.74, 6) is -0.321. The molecule has 0 bridgehead atoms. The molecular weight excluding hydrogens is 243 g/mol. The summed E-state index contributed by atoms with van der Waals surface area (Å²) >= 11 is 0. The number of H-pyrrole nitrogens is 1. The average Bonchev–Trinajstić information content (AvgIpc) is 2.61. The van der Waals surface area contributed by atoms with Gasteiger partial charge < -0.3 is 9.88 Å². The fraction of sp³-hybridized carbons (Fsp3) is 0.267. The van der Waals surface area contributed by atoms with Gasteiger partial charge >= 0.3 is 0 Å². The number of fused-ring (bicyclic) bond motifs is 3. The molecule has 0 saturated heterocycles. The van der Waals surface area contributed by atoms with E-state index >= 15 is 0 Å². The Morgan fingerprint density at radius 2 is 2.32 bits per heavy atom. The normalized spacial score (nSPS) is 15.1. The van der Waals surface area contributed by atoms with Gasteiger partial charge in [-0.1, -0.05) is 6.58 Å². The van der Waals surface area contributed by atoms with Crippen molar-refractivity contribution in [3.05, 3.63) is 47.9 Å². The molecule has 0 spiro atoms. The average molecular weight is 258 g/mol. The third-order valence-corrected chi connectivity index (χ3v) is 3.65. The molecule has 1 aliphatic heterocycles. The van der Waals surface area contributed by atoms with Gasteiger partial charge in [-0.3, -0.25) is 4.79 Å². The molecule has 0 aliphatic carbocycles. The lowest BCUT2D eigenvalue weighted by Gasteiger charge is -2.18. The summed E-state index contributed by atoms with van der Waals surface area (Å²) in [6.07, 6.45) is 3.12. The number of aromatic amines is 1. The number of nitrogens with zero attached hydrogens (tertiary/aromatic N) is 1. The molecule has 4 heteroatoms. The van der Waals surface area contributed by atoms with Gasteiger partial charge in [0.25, 0.3) is 0 Å². The molecule has 0 radical (unpaired) electrons. The summed E-state index contributed by atoms with van der Waals surface area (Å²) < 4.78 is 13.4. The highest BCUT2D eigenvalue weighted by Crippen LogP contribution is 2.28. The monoisotopic (exact) mass is 258 g/mol. The fourth-order valence-corrected chi connectivity index (χ4v) is 2.70. The Labute approximate surface area is 110 Å². The van der Waals surface area contributed by atoms with Gasteiger partial charge in [-0.15, -0.1) is 0 Å². The number of aromatic nitrogens is 1. The second kappa shape index (κ2) is 4.53. The van der Waals surface area contributed by atoms with Crippen LogP contribution in [0.2, 0.25) is 0 Å². The van der Waals surface area contributed by atoms with Gasteiger partial charge in [0.05, 0.1) is 0 Å². The van der Waals surface area contributed by atoms with Crippen molar-refractivity contribution >= 4 is 16.8 Å². The molecule has 2 heterocycles. The fourth-order valence-electron chi connectivity index (χ4n) is 2.70. The first-order valence-corrected chi connectivity index (χ1v) is 6.39. The van der Waals surface area contributed by atoms with Crippen LogP contribution in [0.1, 0.15) is 17.7 Å². The zero-order valence-electron chi connectivity index (χ0n) is 10.6. The van der Waals surface area contributed by atoms with Crippen molar-refractivity contribution in [3.63, 3.8) is 0 Å². The SMILES string of the molecule is C=CC(=O)N1CCCc2[nH]c3ccc(F)cc3c2C1. The van der Waals surface area contributed by atoms with Crippen LogP contribution in [0.4, 0.5) is 4.39 Å². The standard InChI is InChI=1S/C15H15FN2O/c1-2-15(19)18-7-3-4-13-12(9-18)11-8-10(16)5-6-14(11)17-13/h2,5-6,8,17H,1,3-4,7,9H2. The number of hydrogen-bond acceptors (Lipinski definition) is 1. The Morgan fingerprint density at radius 3 is 3.11 bits per heavy atom. The second-order valence-corrected chi connectivity index (χ2v) is 4.84. The van der Waals surface area contributed by atoms with E-state index < -0.39 is 0 Å². The lowest BCUT2D eigenvalue weighted by atomic mass is 10.1. The van der Waals surface area contributed by atoms with Crippen molar-refractivity contribution in [2.24, 2.45) is 0 Å². The first-order valence-electron chi connectivity index (χ1n) is 6.39. The van der Waals surface area contributed by atoms with Crippen molar-refractivity contribution in [3.8, 4) is 0 Å². The third kappa shape index (κ3) is 2.03. The van der Waals surface area contributed by atoms with Crippen LogP contribution < -0.4 is 0 Å². The molecular formula is C15H15FN2O. The van der Waals surface area contributed by atoms with E-state index in [1.165, 1.54) is 18.2 Å². The van der Waals surface area contributed by atoms with E-state index in [4.69, 9.17) is 0 Å². The van der Waals surface area contributed by atoms with E-state index in [0.29, 0.717) is 13.1 Å². The summed E-state index contributed by atoms with van der Waals surface area (Å²) in [4.78, 5) is 16.9. The van der Waals surface area contributed by atoms with Crippen molar-refractivity contribution in [2.75, 3.05) is 6.54 Å². The predicted octanol–water partition coefficient (Wildman–Crippen LogP) is 2.77. The summed E-state index contributed by atoms with van der Waals surface area (Å²) in [6.45, 7) is 4.76. The minimum atomic E-state index is -0.250. The number of rotatable bonds is 1. The molecule has 1 aliphatic rings. The summed E-state index contributed by atoms with van der Waals surface area (Å²) in [5, 5.41) is 0.874. The molecule has 0 atom stereocenters. The zero-order chi connectivity index (χ0) is 13.4. The van der Waals surface area contributed by atoms with E-state index in [2.05, 4.69) is 11.6 Å². The molecule has 1 aromatic carbocycles. The Morgan fingerprint density at radius 1 is 1.47 bits per heavy atom. The minimum absolute atomic E-state index is 0.0707. The van der Waals surface area contributed by atoms with Crippen LogP contribution >= 0.6 is 0 Å². The molecule has 98 valence electrons. The van der Waals surface area contributed by atoms with E-state index in [1.807, 2.05) is 0 Å². The molecule has 0 unspecified atom stereocenters. The van der Waals surface area contributed by atoms with Gasteiger partial charge in [-0.25, -0.2) is 4.39 Å². The van der Waals surface area contributed by atoms with Crippen LogP contribution in [0.5, 0.6) is 0 Å². The van der Waals surface area contributed by atoms with Crippen LogP contribution in [-0.4, -0.2) is 22.3 Å². The van der Waals surface area contributed by atoms with Crippen LogP contribution in [0, 0.1) is 5.82 Å². The molecule has 3 nitrogen and oxygen atoms in total. The number of halogens is 1. The Balaban J connectivity index is 2.09. The largest absolute Gasteiger partial charge is 0.358 e. The molecule has 3 rings (SSSR count). The van der Waals surface area contributed by atoms with E-state index in [-0.39, 0.29) is 11.7 Å². The molecule has 19 heavy (non-hydrogen) atoms. The topological polar surface area (TPSA) is 36.1 Å². The molecule has 1 N–H and O–H groups in total. The number of amides is 1. The Bertz CT molecular complexity index is 659. The first-order chi connectivity index (χ1) is 9.19. The van der Waals surface area contributed by atoms with Gasteiger partial charge in [-0.2, -0.15) is 0 Å². The molecule has 1 amide bonds. The van der Waals surface area contributed by atoms with Gasteiger partial charge in [0.15, 0.2) is 0 Å². The molecule has 0 fully saturated rings. The lowest BCUT2D eigenvalue weighted by molar-refractivity contribution is -0.126. The van der Waals surface area contributed by atoms with E-state index in [1.54, 1.807) is 11.0 Å². The highest BCUT2D eigenvalue weighted by molar-refractivity contribution is 5.89. The second-order valence-electron chi connectivity index (χ2n) is 4.84. The van der Waals surface area contributed by atoms with Crippen molar-refractivity contribution < 1.29 is 9.18 Å². The minimum Gasteiger partial charge on any atom is -0.358 e. The number of hydrogen-bond donors (Lipinski definition) is 1. The number of carbonyl (C=O) groups excluding carboxylic acids is 1. The Hall–Kier alpha value is -2.10. The summed E-state index contributed by atoms with van der Waals surface area (Å²) in [6, 6.07) is 4.73. The maximum absolute atomic E-state index is 13.4. The van der Waals surface area contributed by atoms with Crippen LogP contribution in [-0.2, 0) is 17.8 Å². The highest BCUT2D eigenvalue weighted by atomic mass is 19.1. The zero-order valence-corrected chi connectivity index (χ0v) is 10.6. The van der Waals surface area contributed by atoms with Crippen molar-refractivity contribution in [1.82, 2.24) is 9.88 Å². The third-order valence-electron chi connectivity index (χ3n) is 3.65. The van der Waals surface area contributed by atoms with Crippen molar-refractivity contribution in [2.45, 2.75) is 19.4 Å². The van der Waals surface area contributed by atoms with Gasteiger partial charge in [0.1, 0.15) is 5.82 Å². The summed E-state index contributed by atoms with van der Waals surface area (Å²) in [7, 11) is 0. The van der Waals surface area contributed by atoms with Crippen LogP contribution in [0.15, 0.2) is 30.9 Å².